The maximum Gasteiger partial charge on any atom is 0.353 e. The lowest BCUT2D eigenvalue weighted by Crippen LogP contribution is -2.27. The molecule has 0 aromatic rings. The predicted molar refractivity (Wildman–Crippen MR) is 92.4 cm³/mol. The Hall–Kier alpha value is 0.0669. The van der Waals surface area contributed by atoms with Crippen molar-refractivity contribution in [2.45, 2.75) is 66.3 Å². The van der Waals surface area contributed by atoms with Gasteiger partial charge in [0.1, 0.15) is 0 Å². The van der Waals surface area contributed by atoms with Crippen LogP contribution in [0, 0.1) is 5.92 Å². The van der Waals surface area contributed by atoms with Gasteiger partial charge < -0.3 is 14.2 Å². The van der Waals surface area contributed by atoms with Crippen LogP contribution < -0.4 is 0 Å². The Morgan fingerprint density at radius 1 is 1.19 bits per heavy atom. The summed E-state index contributed by atoms with van der Waals surface area (Å²) < 4.78 is 24.2. The molecule has 0 radical (unpaired) electrons. The van der Waals surface area contributed by atoms with E-state index in [4.69, 9.17) is 9.05 Å². The normalized spacial score (nSPS) is 16.9. The Morgan fingerprint density at radius 3 is 2.00 bits per heavy atom. The molecule has 0 saturated heterocycles. The maximum absolute atomic E-state index is 13.1. The van der Waals surface area contributed by atoms with Gasteiger partial charge in [0.25, 0.3) is 0 Å². The number of rotatable bonds is 10. The van der Waals surface area contributed by atoms with Crippen LogP contribution in [0.25, 0.3) is 0 Å². The van der Waals surface area contributed by atoms with Crippen molar-refractivity contribution in [3.63, 3.8) is 0 Å². The van der Waals surface area contributed by atoms with Gasteiger partial charge in [-0.05, 0) is 20.3 Å². The molecule has 0 aromatic carbocycles. The van der Waals surface area contributed by atoms with Crippen LogP contribution >= 0.6 is 7.60 Å². The van der Waals surface area contributed by atoms with Gasteiger partial charge >= 0.3 is 7.60 Å². The van der Waals surface area contributed by atoms with Crippen molar-refractivity contribution in [3.8, 4) is 0 Å². The first-order chi connectivity index (χ1) is 9.62. The lowest BCUT2D eigenvalue weighted by molar-refractivity contribution is 0.127. The van der Waals surface area contributed by atoms with Gasteiger partial charge in [0, 0.05) is 10.9 Å². The van der Waals surface area contributed by atoms with E-state index < -0.39 is 21.8 Å². The average molecular weight is 336 g/mol. The van der Waals surface area contributed by atoms with Crippen molar-refractivity contribution >= 4 is 15.7 Å². The first-order valence-corrected chi connectivity index (χ1v) is 13.0. The molecule has 0 fully saturated rings. The van der Waals surface area contributed by atoms with Gasteiger partial charge in [-0.2, -0.15) is 0 Å². The molecule has 0 heterocycles. The zero-order valence-corrected chi connectivity index (χ0v) is 16.6. The predicted octanol–water partition coefficient (Wildman–Crippen LogP) is 4.81. The van der Waals surface area contributed by atoms with Crippen LogP contribution in [0.5, 0.6) is 0 Å². The quantitative estimate of drug-likeness (QED) is 0.459. The summed E-state index contributed by atoms with van der Waals surface area (Å²) in [6.45, 7) is 14.7. The van der Waals surface area contributed by atoms with Gasteiger partial charge in [0.05, 0.1) is 27.4 Å². The van der Waals surface area contributed by atoms with Crippen molar-refractivity contribution in [2.75, 3.05) is 13.2 Å². The lowest BCUT2D eigenvalue weighted by Gasteiger charge is -2.29. The third-order valence-electron chi connectivity index (χ3n) is 3.27. The van der Waals surface area contributed by atoms with E-state index in [2.05, 4.69) is 19.6 Å². The molecule has 0 unspecified atom stereocenters. The highest BCUT2D eigenvalue weighted by atomic mass is 31.2. The molecular formula is C15H33O4PSi. The molecule has 126 valence electrons. The second-order valence-corrected chi connectivity index (χ2v) is 13.8. The highest BCUT2D eigenvalue weighted by molar-refractivity contribution is 7.62. The van der Waals surface area contributed by atoms with E-state index in [1.165, 1.54) is 0 Å². The van der Waals surface area contributed by atoms with E-state index in [9.17, 15) is 9.67 Å². The highest BCUT2D eigenvalue weighted by Gasteiger charge is 2.38. The molecule has 2 atom stereocenters. The minimum atomic E-state index is -3.25. The zero-order chi connectivity index (χ0) is 16.7. The molecule has 0 aliphatic heterocycles. The number of hydrogen-bond acceptors (Lipinski definition) is 4. The number of aliphatic hydroxyl groups excluding tert-OH is 1. The van der Waals surface area contributed by atoms with Crippen LogP contribution in [0.2, 0.25) is 19.6 Å². The smallest absolute Gasteiger partial charge is 0.353 e. The largest absolute Gasteiger partial charge is 0.393 e. The van der Waals surface area contributed by atoms with Gasteiger partial charge in [-0.15, -0.1) is 0 Å². The van der Waals surface area contributed by atoms with Crippen LogP contribution in [0.4, 0.5) is 0 Å². The summed E-state index contributed by atoms with van der Waals surface area (Å²) in [7, 11) is -5.14. The number of aliphatic hydroxyl groups is 1. The molecule has 6 heteroatoms. The third-order valence-corrected chi connectivity index (χ3v) is 9.75. The third kappa shape index (κ3) is 6.79. The molecule has 0 amide bonds. The summed E-state index contributed by atoms with van der Waals surface area (Å²) in [5.74, 6) is -0.0547. The molecule has 0 spiro atoms. The van der Waals surface area contributed by atoms with E-state index in [1.807, 2.05) is 33.8 Å². The summed E-state index contributed by atoms with van der Waals surface area (Å²) >= 11 is 0. The number of hydrogen-bond donors (Lipinski definition) is 1. The molecule has 0 saturated carbocycles. The zero-order valence-electron chi connectivity index (χ0n) is 14.7. The van der Waals surface area contributed by atoms with E-state index in [0.29, 0.717) is 13.2 Å². The van der Waals surface area contributed by atoms with Gasteiger partial charge in [0.2, 0.25) is 0 Å². The fraction of sp³-hybridized carbons (Fsp3) is 0.867. The standard InChI is InChI=1S/C15H33O4PSi/c1-8-11-14(16)13(4)12-15(21(5,6)7)20(17,18-9-2)19-10-3/h12-14,16H,8-11H2,1-7H3/b15-12+/t13-,14+/m1/s1. The minimum absolute atomic E-state index is 0.0547. The van der Waals surface area contributed by atoms with Crippen molar-refractivity contribution in [2.24, 2.45) is 5.92 Å². The summed E-state index contributed by atoms with van der Waals surface area (Å²) in [5, 5.41) is 10.2. The fourth-order valence-corrected chi connectivity index (χ4v) is 8.07. The molecule has 0 bridgehead atoms. The van der Waals surface area contributed by atoms with E-state index in [1.54, 1.807) is 0 Å². The van der Waals surface area contributed by atoms with Crippen LogP contribution in [-0.2, 0) is 13.6 Å². The Balaban J connectivity index is 5.61. The summed E-state index contributed by atoms with van der Waals surface area (Å²) in [6.07, 6.45) is 3.19. The Labute approximate surface area is 131 Å². The fourth-order valence-electron chi connectivity index (χ4n) is 2.19. The van der Waals surface area contributed by atoms with E-state index in [0.717, 1.165) is 17.8 Å². The van der Waals surface area contributed by atoms with Crippen LogP contribution in [0.15, 0.2) is 11.0 Å². The molecular weight excluding hydrogens is 303 g/mol. The maximum atomic E-state index is 13.1. The summed E-state index contributed by atoms with van der Waals surface area (Å²) in [5.41, 5.74) is 0. The van der Waals surface area contributed by atoms with Crippen LogP contribution in [0.1, 0.15) is 40.5 Å². The molecule has 0 aromatic heterocycles. The Morgan fingerprint density at radius 2 is 1.67 bits per heavy atom. The van der Waals surface area contributed by atoms with E-state index >= 15 is 0 Å². The van der Waals surface area contributed by atoms with Crippen LogP contribution in [0.3, 0.4) is 0 Å². The van der Waals surface area contributed by atoms with Gasteiger partial charge in [-0.1, -0.05) is 46.0 Å². The Kier molecular flexibility index (Phi) is 9.29. The van der Waals surface area contributed by atoms with E-state index in [-0.39, 0.29) is 5.92 Å². The lowest BCUT2D eigenvalue weighted by atomic mass is 10.0. The molecule has 21 heavy (non-hydrogen) atoms. The molecule has 0 aliphatic rings. The second kappa shape index (κ2) is 9.26. The molecule has 4 nitrogen and oxygen atoms in total. The second-order valence-electron chi connectivity index (χ2n) is 6.35. The van der Waals surface area contributed by atoms with Gasteiger partial charge in [-0.25, -0.2) is 0 Å². The van der Waals surface area contributed by atoms with Crippen molar-refractivity contribution in [1.29, 1.82) is 0 Å². The first kappa shape index (κ1) is 21.1. The van der Waals surface area contributed by atoms with Crippen molar-refractivity contribution < 1.29 is 18.7 Å². The molecule has 0 aliphatic carbocycles. The molecule has 0 rings (SSSR count). The topological polar surface area (TPSA) is 55.8 Å². The average Bonchev–Trinajstić information content (AvgIpc) is 2.34. The summed E-state index contributed by atoms with van der Waals surface area (Å²) in [4.78, 5) is 0.793. The highest BCUT2D eigenvalue weighted by Crippen LogP contribution is 2.59. The van der Waals surface area contributed by atoms with Gasteiger partial charge in [-0.3, -0.25) is 4.57 Å². The first-order valence-electron chi connectivity index (χ1n) is 7.92. The Bertz CT molecular complexity index is 366. The minimum Gasteiger partial charge on any atom is -0.393 e. The van der Waals surface area contributed by atoms with Gasteiger partial charge in [0.15, 0.2) is 0 Å². The SMILES string of the molecule is CCC[C@H](O)[C@H](C)/C=C(/[Si](C)(C)C)P(=O)(OCC)OCC. The molecule has 1 N–H and O–H groups in total. The van der Waals surface area contributed by atoms with Crippen molar-refractivity contribution in [1.82, 2.24) is 0 Å². The van der Waals surface area contributed by atoms with Crippen LogP contribution in [-0.4, -0.2) is 32.5 Å². The summed E-state index contributed by atoms with van der Waals surface area (Å²) in [6, 6.07) is 0. The monoisotopic (exact) mass is 336 g/mol. The van der Waals surface area contributed by atoms with Crippen molar-refractivity contribution in [3.05, 3.63) is 11.0 Å².